The van der Waals surface area contributed by atoms with Crippen LogP contribution >= 0.6 is 0 Å². The number of amides is 3. The number of hydroxylamine groups is 2. The number of rotatable bonds is 11. The summed E-state index contributed by atoms with van der Waals surface area (Å²) in [6.07, 6.45) is 2.06. The highest BCUT2D eigenvalue weighted by Crippen LogP contribution is 2.16. The first-order valence-corrected chi connectivity index (χ1v) is 9.10. The smallest absolute Gasteiger partial charge is 0.250 e. The molecule has 0 saturated heterocycles. The number of carbonyl (C=O) groups excluding carboxylic acids is 3. The Labute approximate surface area is 164 Å². The topological polar surface area (TPSA) is 102 Å². The molecule has 0 radical (unpaired) electrons. The summed E-state index contributed by atoms with van der Waals surface area (Å²) in [5.41, 5.74) is 6.94. The second-order valence-electron chi connectivity index (χ2n) is 6.42. The highest BCUT2D eigenvalue weighted by molar-refractivity contribution is 6.02. The summed E-state index contributed by atoms with van der Waals surface area (Å²) in [5.74, 6) is -0.814. The lowest BCUT2D eigenvalue weighted by atomic mass is 10.1. The fourth-order valence-electron chi connectivity index (χ4n) is 2.69. The summed E-state index contributed by atoms with van der Waals surface area (Å²) in [6.45, 7) is 2.16. The van der Waals surface area contributed by atoms with Gasteiger partial charge in [0.15, 0.2) is 0 Å². The van der Waals surface area contributed by atoms with Crippen LogP contribution in [-0.4, -0.2) is 29.3 Å². The molecule has 2 rings (SSSR count). The maximum atomic E-state index is 12.1. The Hall–Kier alpha value is -3.19. The van der Waals surface area contributed by atoms with Crippen molar-refractivity contribution in [3.05, 3.63) is 65.7 Å². The van der Waals surface area contributed by atoms with Crippen LogP contribution in [-0.2, 0) is 21.0 Å². The molecule has 3 amide bonds. The van der Waals surface area contributed by atoms with Gasteiger partial charge in [0.2, 0.25) is 12.3 Å². The van der Waals surface area contributed by atoms with E-state index in [9.17, 15) is 14.4 Å². The molecule has 0 bridgehead atoms. The Kier molecular flexibility index (Phi) is 8.17. The van der Waals surface area contributed by atoms with Crippen molar-refractivity contribution in [2.45, 2.75) is 38.8 Å². The average Bonchev–Trinajstić information content (AvgIpc) is 2.69. The van der Waals surface area contributed by atoms with E-state index in [1.165, 1.54) is 5.06 Å². The summed E-state index contributed by atoms with van der Waals surface area (Å²) in [6, 6.07) is 16.0. The van der Waals surface area contributed by atoms with Crippen molar-refractivity contribution >= 4 is 23.9 Å². The molecular weight excluding hydrogens is 358 g/mol. The Balaban J connectivity index is 1.77. The Morgan fingerprint density at radius 2 is 1.82 bits per heavy atom. The third kappa shape index (κ3) is 6.51. The highest BCUT2D eigenvalue weighted by Gasteiger charge is 2.15. The lowest BCUT2D eigenvalue weighted by Crippen LogP contribution is -2.32. The van der Waals surface area contributed by atoms with Crippen molar-refractivity contribution in [3.63, 3.8) is 0 Å². The first-order valence-electron chi connectivity index (χ1n) is 9.10. The average molecular weight is 383 g/mol. The van der Waals surface area contributed by atoms with Gasteiger partial charge < -0.3 is 11.1 Å². The summed E-state index contributed by atoms with van der Waals surface area (Å²) in [5, 5.41) is 3.97. The van der Waals surface area contributed by atoms with E-state index in [2.05, 4.69) is 5.32 Å². The largest absolute Gasteiger partial charge is 0.366 e. The standard InChI is InChI=1S/C21H25N3O4/c1-16(24(15-25)28-14-17-9-3-2-4-10-17)8-7-13-20(26)23-19-12-6-5-11-18(19)21(22)27/h2-6,9-12,15-16H,7-8,13-14H2,1H3,(H2,22,27)(H,23,26). The van der Waals surface area contributed by atoms with Gasteiger partial charge in [0.1, 0.15) is 6.61 Å². The first-order chi connectivity index (χ1) is 13.5. The van der Waals surface area contributed by atoms with Crippen molar-refractivity contribution in [2.24, 2.45) is 5.73 Å². The Morgan fingerprint density at radius 3 is 2.50 bits per heavy atom. The van der Waals surface area contributed by atoms with Crippen molar-refractivity contribution in [1.82, 2.24) is 5.06 Å². The fourth-order valence-corrected chi connectivity index (χ4v) is 2.69. The van der Waals surface area contributed by atoms with Gasteiger partial charge in [0.25, 0.3) is 5.91 Å². The summed E-state index contributed by atoms with van der Waals surface area (Å²) in [7, 11) is 0. The van der Waals surface area contributed by atoms with E-state index >= 15 is 0 Å². The quantitative estimate of drug-likeness (QED) is 0.460. The van der Waals surface area contributed by atoms with Crippen LogP contribution < -0.4 is 11.1 Å². The number of para-hydroxylation sites is 1. The molecule has 7 heteroatoms. The zero-order chi connectivity index (χ0) is 20.4. The number of hydrogen-bond acceptors (Lipinski definition) is 4. The molecule has 1 unspecified atom stereocenters. The van der Waals surface area contributed by atoms with Crippen LogP contribution in [0.3, 0.4) is 0 Å². The molecule has 0 fully saturated rings. The minimum absolute atomic E-state index is 0.174. The van der Waals surface area contributed by atoms with E-state index < -0.39 is 5.91 Å². The molecule has 148 valence electrons. The lowest BCUT2D eigenvalue weighted by molar-refractivity contribution is -0.191. The summed E-state index contributed by atoms with van der Waals surface area (Å²) >= 11 is 0. The summed E-state index contributed by atoms with van der Waals surface area (Å²) in [4.78, 5) is 40.4. The maximum absolute atomic E-state index is 12.1. The predicted molar refractivity (Wildman–Crippen MR) is 106 cm³/mol. The Morgan fingerprint density at radius 1 is 1.14 bits per heavy atom. The van der Waals surface area contributed by atoms with Crippen LogP contribution in [0, 0.1) is 0 Å². The molecule has 0 aliphatic carbocycles. The Bertz CT molecular complexity index is 795. The molecular formula is C21H25N3O4. The minimum atomic E-state index is -0.596. The number of primary amides is 1. The van der Waals surface area contributed by atoms with Gasteiger partial charge in [-0.3, -0.25) is 19.2 Å². The third-order valence-corrected chi connectivity index (χ3v) is 4.25. The molecule has 3 N–H and O–H groups in total. The normalized spacial score (nSPS) is 11.5. The second kappa shape index (κ2) is 10.8. The molecule has 2 aromatic carbocycles. The van der Waals surface area contributed by atoms with E-state index in [0.717, 1.165) is 5.56 Å². The lowest BCUT2D eigenvalue weighted by Gasteiger charge is -2.24. The molecule has 0 aliphatic heterocycles. The zero-order valence-electron chi connectivity index (χ0n) is 15.8. The van der Waals surface area contributed by atoms with E-state index in [-0.39, 0.29) is 23.9 Å². The van der Waals surface area contributed by atoms with Crippen LogP contribution in [0.25, 0.3) is 0 Å². The van der Waals surface area contributed by atoms with Crippen LogP contribution in [0.2, 0.25) is 0 Å². The number of carbonyl (C=O) groups is 3. The molecule has 0 saturated carbocycles. The van der Waals surface area contributed by atoms with Gasteiger partial charge in [0, 0.05) is 6.42 Å². The number of hydrogen-bond donors (Lipinski definition) is 2. The number of benzene rings is 2. The highest BCUT2D eigenvalue weighted by atomic mass is 16.7. The molecule has 28 heavy (non-hydrogen) atoms. The van der Waals surface area contributed by atoms with Crippen LogP contribution in [0.5, 0.6) is 0 Å². The second-order valence-corrected chi connectivity index (χ2v) is 6.42. The molecule has 0 aliphatic rings. The van der Waals surface area contributed by atoms with E-state index in [1.54, 1.807) is 24.3 Å². The minimum Gasteiger partial charge on any atom is -0.366 e. The molecule has 2 aromatic rings. The van der Waals surface area contributed by atoms with Gasteiger partial charge in [-0.15, -0.1) is 0 Å². The molecule has 0 aromatic heterocycles. The van der Waals surface area contributed by atoms with Gasteiger partial charge in [-0.05, 0) is 37.5 Å². The van der Waals surface area contributed by atoms with Gasteiger partial charge in [-0.25, -0.2) is 5.06 Å². The van der Waals surface area contributed by atoms with Crippen molar-refractivity contribution in [2.75, 3.05) is 5.32 Å². The third-order valence-electron chi connectivity index (χ3n) is 4.25. The molecule has 7 nitrogen and oxygen atoms in total. The van der Waals surface area contributed by atoms with Crippen LogP contribution in [0.4, 0.5) is 5.69 Å². The van der Waals surface area contributed by atoms with Gasteiger partial charge >= 0.3 is 0 Å². The van der Waals surface area contributed by atoms with Crippen molar-refractivity contribution in [3.8, 4) is 0 Å². The van der Waals surface area contributed by atoms with Gasteiger partial charge in [0.05, 0.1) is 17.3 Å². The van der Waals surface area contributed by atoms with Gasteiger partial charge in [-0.1, -0.05) is 42.5 Å². The number of nitrogens with one attached hydrogen (secondary N) is 1. The zero-order valence-corrected chi connectivity index (χ0v) is 15.8. The predicted octanol–water partition coefficient (Wildman–Crippen LogP) is 2.87. The molecule has 0 heterocycles. The number of nitrogens with zero attached hydrogens (tertiary/aromatic N) is 1. The maximum Gasteiger partial charge on any atom is 0.250 e. The van der Waals surface area contributed by atoms with Gasteiger partial charge in [-0.2, -0.15) is 0 Å². The van der Waals surface area contributed by atoms with Crippen molar-refractivity contribution < 1.29 is 19.2 Å². The first kappa shape index (κ1) is 21.1. The van der Waals surface area contributed by atoms with Crippen LogP contribution in [0.1, 0.15) is 42.1 Å². The van der Waals surface area contributed by atoms with E-state index in [4.69, 9.17) is 10.6 Å². The molecule has 0 spiro atoms. The fraction of sp³-hybridized carbons (Fsp3) is 0.286. The van der Waals surface area contributed by atoms with E-state index in [1.807, 2.05) is 37.3 Å². The summed E-state index contributed by atoms with van der Waals surface area (Å²) < 4.78 is 0. The van der Waals surface area contributed by atoms with E-state index in [0.29, 0.717) is 31.5 Å². The van der Waals surface area contributed by atoms with Crippen LogP contribution in [0.15, 0.2) is 54.6 Å². The van der Waals surface area contributed by atoms with Crippen molar-refractivity contribution in [1.29, 1.82) is 0 Å². The number of anilines is 1. The molecule has 1 atom stereocenters. The monoisotopic (exact) mass is 383 g/mol. The SMILES string of the molecule is CC(CCCC(=O)Nc1ccccc1C(N)=O)N(C=O)OCc1ccccc1. The number of nitrogens with two attached hydrogens (primary N) is 1.